The summed E-state index contributed by atoms with van der Waals surface area (Å²) in [6.45, 7) is 34.9. The number of ketones is 1. The largest absolute Gasteiger partial charge is 0.509 e. The summed E-state index contributed by atoms with van der Waals surface area (Å²) >= 11 is 0. The molecule has 4 aliphatic carbocycles. The molecule has 3 saturated carbocycles. The molecule has 6 aliphatic rings. The van der Waals surface area contributed by atoms with Gasteiger partial charge in [-0.3, -0.25) is 14.4 Å². The van der Waals surface area contributed by atoms with Gasteiger partial charge in [-0.1, -0.05) is 106 Å². The Labute approximate surface area is 481 Å². The zero-order valence-corrected chi connectivity index (χ0v) is 53.4. The van der Waals surface area contributed by atoms with E-state index in [1.54, 1.807) is 84.9 Å². The first kappa shape index (κ1) is 63.7. The molecule has 7 rings (SSSR count). The van der Waals surface area contributed by atoms with Crippen molar-refractivity contribution in [3.05, 3.63) is 58.7 Å². The molecule has 81 heavy (non-hydrogen) atoms. The SMILES string of the molecule is CC[Si](CC)(CC)O[C@H]1C[C@H]2OC[C@@]2(OC(C)=O)C2[C@H](OC(=O)c3ccccc3)[C@]34OC(=O)O[C@H]3[C@H](OC(=O)[C@H](O[Si](C(C)C)(C(C)C)C(C)C)[C@H](C=C(C)C)NC(=O)OC(C)(C)C)C(C)=C([C@@H](OC(=O)C3CC3)C(=O)[C@@]21C)C4(C)C. The fraction of sp³-hybridized carbons (Fsp3) is 0.721. The predicted octanol–water partition coefficient (Wildman–Crippen LogP) is 11.2. The van der Waals surface area contributed by atoms with Crippen LogP contribution in [0.1, 0.15) is 161 Å². The molecule has 5 fully saturated rings. The number of nitrogens with one attached hydrogen (secondary N) is 1. The van der Waals surface area contributed by atoms with E-state index in [-0.39, 0.29) is 46.4 Å². The van der Waals surface area contributed by atoms with Crippen molar-refractivity contribution >= 4 is 58.5 Å². The second-order valence-electron chi connectivity index (χ2n) is 26.4. The van der Waals surface area contributed by atoms with Gasteiger partial charge in [-0.25, -0.2) is 19.2 Å². The number of carbonyl (C=O) groups is 7. The van der Waals surface area contributed by atoms with E-state index in [1.807, 2.05) is 13.8 Å². The van der Waals surface area contributed by atoms with E-state index >= 15 is 14.4 Å². The number of fused-ring (bicyclic) bond motifs is 4. The lowest BCUT2D eigenvalue weighted by molar-refractivity contribution is -0.344. The van der Waals surface area contributed by atoms with Gasteiger partial charge in [0.15, 0.2) is 50.2 Å². The maximum Gasteiger partial charge on any atom is 0.509 e. The summed E-state index contributed by atoms with van der Waals surface area (Å²) in [5.41, 5.74) is -7.74. The van der Waals surface area contributed by atoms with Crippen LogP contribution in [0.5, 0.6) is 0 Å². The number of benzene rings is 1. The molecule has 1 amide bonds. The molecule has 1 aromatic carbocycles. The van der Waals surface area contributed by atoms with E-state index in [2.05, 4.69) is 67.6 Å². The quantitative estimate of drug-likeness (QED) is 0.0554. The van der Waals surface area contributed by atoms with Crippen molar-refractivity contribution in [3.8, 4) is 0 Å². The van der Waals surface area contributed by atoms with Gasteiger partial charge in [0.2, 0.25) is 13.9 Å². The number of carbonyl (C=O) groups excluding carboxylic acids is 7. The first-order valence-corrected chi connectivity index (χ1v) is 34.0. The Hall–Kier alpha value is -4.90. The van der Waals surface area contributed by atoms with Gasteiger partial charge in [0.1, 0.15) is 11.7 Å². The van der Waals surface area contributed by atoms with Gasteiger partial charge in [-0.2, -0.15) is 0 Å². The van der Waals surface area contributed by atoms with E-state index in [0.717, 1.165) is 5.57 Å². The lowest BCUT2D eigenvalue weighted by Gasteiger charge is -2.68. The summed E-state index contributed by atoms with van der Waals surface area (Å²) in [5, 5.41) is 2.91. The van der Waals surface area contributed by atoms with Gasteiger partial charge in [0, 0.05) is 18.8 Å². The molecule has 1 N–H and O–H groups in total. The first-order chi connectivity index (χ1) is 37.7. The van der Waals surface area contributed by atoms with Gasteiger partial charge in [-0.05, 0) is 119 Å². The van der Waals surface area contributed by atoms with Crippen molar-refractivity contribution in [2.45, 2.75) is 251 Å². The topological polar surface area (TPSA) is 224 Å². The highest BCUT2D eigenvalue weighted by atomic mass is 28.4. The Morgan fingerprint density at radius 1 is 0.852 bits per heavy atom. The standard InChI is InChI=1S/C61H91NO17Si2/c1-20-80(21-2,22-3)78-42-31-43-60(32-70-43,75-38(13)63)48-51(73-53(66)39-26-24-23-25-27-39)61-50(74-56(69)77-61)45(37(12)44(58(61,17)18)47(49(64)59(42,48)19)72-52(65)40-28-29-40)71-54(67)46(79-81(34(6)7,35(8)9)36(10)11)41(30-33(4)5)62-55(68)76-57(14,15)16/h23-27,30,34-36,40-43,45-48,50-51H,20-22,28-29,31-32H2,1-19H3,(H,62,68)/t41-,42-,43+,45+,46+,47+,48?,50-,51-,59+,60-,61+/m0/s1. The molecule has 2 heterocycles. The second-order valence-corrected chi connectivity index (χ2v) is 36.5. The van der Waals surface area contributed by atoms with Crippen molar-refractivity contribution in [1.29, 1.82) is 0 Å². The van der Waals surface area contributed by atoms with Crippen LogP contribution in [0.4, 0.5) is 9.59 Å². The highest BCUT2D eigenvalue weighted by Crippen LogP contribution is 2.68. The number of allylic oxidation sites excluding steroid dienone is 1. The van der Waals surface area contributed by atoms with Crippen LogP contribution < -0.4 is 5.32 Å². The molecule has 2 aliphatic heterocycles. The Morgan fingerprint density at radius 2 is 1.44 bits per heavy atom. The minimum absolute atomic E-state index is 0.0529. The highest BCUT2D eigenvalue weighted by Gasteiger charge is 2.84. The van der Waals surface area contributed by atoms with Crippen LogP contribution in [0.25, 0.3) is 0 Å². The van der Waals surface area contributed by atoms with Crippen LogP contribution >= 0.6 is 0 Å². The van der Waals surface area contributed by atoms with Gasteiger partial charge >= 0.3 is 36.1 Å². The molecule has 0 radical (unpaired) electrons. The Morgan fingerprint density at radius 3 is 1.94 bits per heavy atom. The summed E-state index contributed by atoms with van der Waals surface area (Å²) in [5.74, 6) is -5.91. The van der Waals surface area contributed by atoms with Crippen LogP contribution in [0.15, 0.2) is 53.1 Å². The maximum atomic E-state index is 17.0. The molecule has 2 saturated heterocycles. The number of hydrogen-bond donors (Lipinski definition) is 1. The van der Waals surface area contributed by atoms with E-state index < -0.39 is 147 Å². The van der Waals surface area contributed by atoms with Crippen LogP contribution in [-0.4, -0.2) is 131 Å². The molecule has 1 spiro atoms. The third-order valence-electron chi connectivity index (χ3n) is 18.8. The monoisotopic (exact) mass is 1170 g/mol. The van der Waals surface area contributed by atoms with Crippen molar-refractivity contribution in [2.75, 3.05) is 6.61 Å². The lowest BCUT2D eigenvalue weighted by Crippen LogP contribution is -2.83. The van der Waals surface area contributed by atoms with Gasteiger partial charge in [0.25, 0.3) is 0 Å². The number of alkyl carbamates (subject to hydrolysis) is 1. The Kier molecular flexibility index (Phi) is 18.3. The third kappa shape index (κ3) is 11.2. The summed E-state index contributed by atoms with van der Waals surface area (Å²) < 4.78 is 67.3. The fourth-order valence-electron chi connectivity index (χ4n) is 14.7. The molecular weight excluding hydrogens is 1070 g/mol. The molecule has 20 heteroatoms. The fourth-order valence-corrected chi connectivity index (χ4v) is 23.1. The molecular formula is C61H91NO17Si2. The van der Waals surface area contributed by atoms with Crippen molar-refractivity contribution < 1.29 is 80.3 Å². The maximum absolute atomic E-state index is 17.0. The minimum Gasteiger partial charge on any atom is -0.454 e. The van der Waals surface area contributed by atoms with Crippen molar-refractivity contribution in [1.82, 2.24) is 5.32 Å². The number of rotatable bonds is 20. The smallest absolute Gasteiger partial charge is 0.454 e. The van der Waals surface area contributed by atoms with Crippen LogP contribution in [-0.2, 0) is 65.9 Å². The van der Waals surface area contributed by atoms with Crippen molar-refractivity contribution in [2.24, 2.45) is 22.7 Å². The number of amides is 1. The van der Waals surface area contributed by atoms with E-state index in [4.69, 9.17) is 46.7 Å². The first-order valence-electron chi connectivity index (χ1n) is 29.3. The van der Waals surface area contributed by atoms with Gasteiger partial charge in [-0.15, -0.1) is 0 Å². The van der Waals surface area contributed by atoms with E-state index in [0.29, 0.717) is 31.0 Å². The zero-order chi connectivity index (χ0) is 60.3. The third-order valence-corrected chi connectivity index (χ3v) is 29.6. The number of esters is 4. The average Bonchev–Trinajstić information content (AvgIpc) is 4.16. The zero-order valence-electron chi connectivity index (χ0n) is 51.4. The van der Waals surface area contributed by atoms with E-state index in [1.165, 1.54) is 6.92 Å². The molecule has 0 aromatic heterocycles. The number of Topliss-reactive ketones (excluding diaryl/α,β-unsaturated/α-hetero) is 1. The summed E-state index contributed by atoms with van der Waals surface area (Å²) in [6.07, 6.45) is -9.79. The molecule has 12 atom stereocenters. The normalized spacial score (nSPS) is 30.4. The molecule has 1 aromatic rings. The van der Waals surface area contributed by atoms with Gasteiger partial charge < -0.3 is 52.1 Å². The Bertz CT molecular complexity index is 2620. The predicted molar refractivity (Wildman–Crippen MR) is 305 cm³/mol. The Balaban J connectivity index is 1.58. The lowest BCUT2D eigenvalue weighted by atomic mass is 9.44. The molecule has 18 nitrogen and oxygen atoms in total. The molecule has 2 bridgehead atoms. The number of hydrogen-bond acceptors (Lipinski definition) is 17. The van der Waals surface area contributed by atoms with Crippen molar-refractivity contribution in [3.63, 3.8) is 0 Å². The molecule has 450 valence electrons. The van der Waals surface area contributed by atoms with E-state index in [9.17, 15) is 19.2 Å². The van der Waals surface area contributed by atoms with Crippen LogP contribution in [0.3, 0.4) is 0 Å². The van der Waals surface area contributed by atoms with Crippen LogP contribution in [0.2, 0.25) is 34.8 Å². The summed E-state index contributed by atoms with van der Waals surface area (Å²) in [6, 6.07) is 8.96. The second kappa shape index (κ2) is 23.3. The minimum atomic E-state index is -3.11. The summed E-state index contributed by atoms with van der Waals surface area (Å²) in [7, 11) is -5.84. The van der Waals surface area contributed by atoms with Crippen LogP contribution in [0, 0.1) is 22.7 Å². The average molecular weight is 1170 g/mol. The summed E-state index contributed by atoms with van der Waals surface area (Å²) in [4.78, 5) is 105. The highest BCUT2D eigenvalue weighted by molar-refractivity contribution is 6.77. The molecule has 1 unspecified atom stereocenters. The number of ether oxygens (including phenoxy) is 8. The van der Waals surface area contributed by atoms with Gasteiger partial charge in [0.05, 0.1) is 41.6 Å².